The Hall–Kier alpha value is -2.01. The van der Waals surface area contributed by atoms with Crippen LogP contribution >= 0.6 is 11.3 Å². The monoisotopic (exact) mass is 262 g/mol. The van der Waals surface area contributed by atoms with Crippen molar-refractivity contribution >= 4 is 28.6 Å². The number of hydrogen-bond donors (Lipinski definition) is 1. The first kappa shape index (κ1) is 12.4. The van der Waals surface area contributed by atoms with Gasteiger partial charge in [0.1, 0.15) is 10.6 Å². The Labute approximate surface area is 110 Å². The minimum Gasteiger partial charge on any atom is -0.495 e. The average Bonchev–Trinajstić information content (AvgIpc) is 2.85. The van der Waals surface area contributed by atoms with Gasteiger partial charge in [0.2, 0.25) is 0 Å². The average molecular weight is 262 g/mol. The molecule has 0 fully saturated rings. The number of amides is 1. The zero-order valence-corrected chi connectivity index (χ0v) is 11.0. The first-order valence-electron chi connectivity index (χ1n) is 5.38. The van der Waals surface area contributed by atoms with Crippen molar-refractivity contribution in [1.82, 2.24) is 0 Å². The molecule has 18 heavy (non-hydrogen) atoms. The summed E-state index contributed by atoms with van der Waals surface area (Å²) in [6.45, 7) is 0. The summed E-state index contributed by atoms with van der Waals surface area (Å²) in [5, 5.41) is 1.83. The van der Waals surface area contributed by atoms with Crippen LogP contribution in [0.5, 0.6) is 5.75 Å². The van der Waals surface area contributed by atoms with E-state index in [1.807, 2.05) is 17.5 Å². The molecule has 0 radical (unpaired) electrons. The molecule has 94 valence electrons. The molecule has 1 heterocycles. The van der Waals surface area contributed by atoms with E-state index in [-0.39, 0.29) is 5.91 Å². The van der Waals surface area contributed by atoms with Crippen molar-refractivity contribution in [2.45, 2.75) is 0 Å². The zero-order chi connectivity index (χ0) is 13.1. The molecule has 5 heteroatoms. The fourth-order valence-corrected chi connectivity index (χ4v) is 2.45. The maximum Gasteiger partial charge on any atom is 0.271 e. The Balaban J connectivity index is 2.29. The van der Waals surface area contributed by atoms with Gasteiger partial charge in [-0.25, -0.2) is 0 Å². The third-order valence-corrected chi connectivity index (χ3v) is 3.49. The Morgan fingerprint density at radius 3 is 2.83 bits per heavy atom. The quantitative estimate of drug-likeness (QED) is 0.865. The van der Waals surface area contributed by atoms with Crippen molar-refractivity contribution < 1.29 is 9.53 Å². The van der Waals surface area contributed by atoms with Crippen molar-refractivity contribution in [2.24, 2.45) is 0 Å². The van der Waals surface area contributed by atoms with E-state index in [1.54, 1.807) is 37.3 Å². The molecule has 0 bridgehead atoms. The molecule has 0 aliphatic rings. The summed E-state index contributed by atoms with van der Waals surface area (Å²) in [6.07, 6.45) is 0. The molecular weight excluding hydrogens is 248 g/mol. The van der Waals surface area contributed by atoms with Crippen LogP contribution in [0.4, 0.5) is 11.4 Å². The Kier molecular flexibility index (Phi) is 3.53. The van der Waals surface area contributed by atoms with E-state index in [9.17, 15) is 4.79 Å². The van der Waals surface area contributed by atoms with Gasteiger partial charge in [0.05, 0.1) is 7.11 Å². The molecule has 2 N–H and O–H groups in total. The second-order valence-electron chi connectivity index (χ2n) is 3.78. The fourth-order valence-electron chi connectivity index (χ4n) is 1.62. The van der Waals surface area contributed by atoms with Gasteiger partial charge in [0, 0.05) is 18.4 Å². The second-order valence-corrected chi connectivity index (χ2v) is 4.69. The van der Waals surface area contributed by atoms with E-state index < -0.39 is 0 Å². The molecule has 0 unspecified atom stereocenters. The minimum atomic E-state index is -0.104. The lowest BCUT2D eigenvalue weighted by molar-refractivity contribution is 0.0994. The number of carbonyl (C=O) groups is 1. The third kappa shape index (κ3) is 2.31. The van der Waals surface area contributed by atoms with Gasteiger partial charge in [0.25, 0.3) is 5.91 Å². The van der Waals surface area contributed by atoms with Gasteiger partial charge in [0.15, 0.2) is 0 Å². The normalized spacial score (nSPS) is 10.1. The summed E-state index contributed by atoms with van der Waals surface area (Å²) in [6, 6.07) is 8.99. The zero-order valence-electron chi connectivity index (χ0n) is 10.2. The third-order valence-electron chi connectivity index (χ3n) is 2.61. The molecule has 4 nitrogen and oxygen atoms in total. The maximum absolute atomic E-state index is 12.3. The highest BCUT2D eigenvalue weighted by atomic mass is 32.1. The van der Waals surface area contributed by atoms with Crippen LogP contribution in [0.15, 0.2) is 35.7 Å². The van der Waals surface area contributed by atoms with E-state index >= 15 is 0 Å². The molecule has 0 saturated heterocycles. The van der Waals surface area contributed by atoms with Crippen LogP contribution in [0.25, 0.3) is 0 Å². The van der Waals surface area contributed by atoms with E-state index in [0.29, 0.717) is 16.3 Å². The van der Waals surface area contributed by atoms with Crippen molar-refractivity contribution in [3.8, 4) is 5.75 Å². The molecule has 2 aromatic rings. The molecule has 1 amide bonds. The standard InChI is InChI=1S/C13H14N2O2S/c1-15(10-5-3-4-9(14)8-10)13(16)12-11(17-2)6-7-18-12/h3-8H,14H2,1-2H3. The summed E-state index contributed by atoms with van der Waals surface area (Å²) in [4.78, 5) is 14.5. The highest BCUT2D eigenvalue weighted by Crippen LogP contribution is 2.27. The van der Waals surface area contributed by atoms with Crippen molar-refractivity contribution in [2.75, 3.05) is 24.8 Å². The van der Waals surface area contributed by atoms with Crippen molar-refractivity contribution in [3.63, 3.8) is 0 Å². The highest BCUT2D eigenvalue weighted by Gasteiger charge is 2.19. The molecule has 1 aromatic carbocycles. The topological polar surface area (TPSA) is 55.6 Å². The van der Waals surface area contributed by atoms with Gasteiger partial charge in [-0.3, -0.25) is 4.79 Å². The first-order valence-corrected chi connectivity index (χ1v) is 6.26. The largest absolute Gasteiger partial charge is 0.495 e. The molecule has 0 aliphatic heterocycles. The number of ether oxygens (including phenoxy) is 1. The first-order chi connectivity index (χ1) is 8.63. The van der Waals surface area contributed by atoms with Gasteiger partial charge < -0.3 is 15.4 Å². The minimum absolute atomic E-state index is 0.104. The smallest absolute Gasteiger partial charge is 0.271 e. The maximum atomic E-state index is 12.3. The van der Waals surface area contributed by atoms with Crippen molar-refractivity contribution in [3.05, 3.63) is 40.6 Å². The second kappa shape index (κ2) is 5.10. The number of nitrogens with two attached hydrogens (primary N) is 1. The van der Waals surface area contributed by atoms with Crippen LogP contribution in [-0.2, 0) is 0 Å². The SMILES string of the molecule is COc1ccsc1C(=O)N(C)c1cccc(N)c1. The number of carbonyl (C=O) groups excluding carboxylic acids is 1. The molecule has 2 rings (SSSR count). The van der Waals surface area contributed by atoms with E-state index in [4.69, 9.17) is 10.5 Å². The fraction of sp³-hybridized carbons (Fsp3) is 0.154. The summed E-state index contributed by atoms with van der Waals surface area (Å²) < 4.78 is 5.15. The van der Waals surface area contributed by atoms with Crippen LogP contribution in [-0.4, -0.2) is 20.1 Å². The molecule has 0 saturated carbocycles. The molecule has 0 spiro atoms. The Morgan fingerprint density at radius 2 is 2.17 bits per heavy atom. The van der Waals surface area contributed by atoms with Crippen LogP contribution in [0.2, 0.25) is 0 Å². The molecule has 1 aromatic heterocycles. The van der Waals surface area contributed by atoms with Gasteiger partial charge in [-0.1, -0.05) is 6.07 Å². The predicted octanol–water partition coefficient (Wildman–Crippen LogP) is 2.62. The Bertz CT molecular complexity index is 566. The number of nitrogen functional groups attached to an aromatic ring is 1. The van der Waals surface area contributed by atoms with E-state index in [1.165, 1.54) is 11.3 Å². The lowest BCUT2D eigenvalue weighted by Crippen LogP contribution is -2.25. The predicted molar refractivity (Wildman–Crippen MR) is 74.5 cm³/mol. The van der Waals surface area contributed by atoms with Crippen LogP contribution in [0, 0.1) is 0 Å². The number of methoxy groups -OCH3 is 1. The molecule has 0 atom stereocenters. The van der Waals surface area contributed by atoms with Gasteiger partial charge in [-0.05, 0) is 29.6 Å². The van der Waals surface area contributed by atoms with Crippen LogP contribution in [0.3, 0.4) is 0 Å². The number of hydrogen-bond acceptors (Lipinski definition) is 4. The van der Waals surface area contributed by atoms with Gasteiger partial charge >= 0.3 is 0 Å². The molecule has 0 aliphatic carbocycles. The summed E-state index contributed by atoms with van der Waals surface area (Å²) in [5.41, 5.74) is 7.10. The van der Waals surface area contributed by atoms with Crippen LogP contribution < -0.4 is 15.4 Å². The number of benzene rings is 1. The number of nitrogens with zero attached hydrogens (tertiary/aromatic N) is 1. The van der Waals surface area contributed by atoms with Gasteiger partial charge in [-0.15, -0.1) is 11.3 Å². The molecular formula is C13H14N2O2S. The lowest BCUT2D eigenvalue weighted by Gasteiger charge is -2.17. The van der Waals surface area contributed by atoms with Crippen molar-refractivity contribution in [1.29, 1.82) is 0 Å². The number of rotatable bonds is 3. The van der Waals surface area contributed by atoms with E-state index in [2.05, 4.69) is 0 Å². The van der Waals surface area contributed by atoms with E-state index in [0.717, 1.165) is 5.69 Å². The van der Waals surface area contributed by atoms with Gasteiger partial charge in [-0.2, -0.15) is 0 Å². The Morgan fingerprint density at radius 1 is 1.39 bits per heavy atom. The number of thiophene rings is 1. The van der Waals surface area contributed by atoms with Crippen LogP contribution in [0.1, 0.15) is 9.67 Å². The summed E-state index contributed by atoms with van der Waals surface area (Å²) >= 11 is 1.36. The summed E-state index contributed by atoms with van der Waals surface area (Å²) in [5.74, 6) is 0.494. The lowest BCUT2D eigenvalue weighted by atomic mass is 10.2. The number of anilines is 2. The summed E-state index contributed by atoms with van der Waals surface area (Å²) in [7, 11) is 3.27. The highest BCUT2D eigenvalue weighted by molar-refractivity contribution is 7.12.